The van der Waals surface area contributed by atoms with Crippen LogP contribution in [0.25, 0.3) is 0 Å². The van der Waals surface area contributed by atoms with Crippen molar-refractivity contribution < 1.29 is 13.9 Å². The molecule has 1 atom stereocenters. The fraction of sp³-hybridized carbons (Fsp3) is 0.625. The van der Waals surface area contributed by atoms with Gasteiger partial charge in [0.1, 0.15) is 18.2 Å². The predicted octanol–water partition coefficient (Wildman–Crippen LogP) is 3.69. The number of hydrogen-bond donors (Lipinski definition) is 1. The smallest absolute Gasteiger partial charge is 0.127 e. The van der Waals surface area contributed by atoms with E-state index in [9.17, 15) is 4.39 Å². The number of benzene rings is 1. The highest BCUT2D eigenvalue weighted by atomic mass is 19.1. The summed E-state index contributed by atoms with van der Waals surface area (Å²) in [5, 5.41) is 3.31. The molecular weight excluding hydrogens is 257 g/mol. The Morgan fingerprint density at radius 1 is 1.20 bits per heavy atom. The van der Waals surface area contributed by atoms with Crippen LogP contribution in [-0.4, -0.2) is 26.4 Å². The van der Waals surface area contributed by atoms with Gasteiger partial charge in [-0.3, -0.25) is 0 Å². The fourth-order valence-electron chi connectivity index (χ4n) is 1.97. The van der Waals surface area contributed by atoms with Gasteiger partial charge in [0.2, 0.25) is 0 Å². The maximum atomic E-state index is 13.3. The number of ether oxygens (including phenoxy) is 2. The Bertz CT molecular complexity index is 385. The van der Waals surface area contributed by atoms with E-state index in [1.54, 1.807) is 6.07 Å². The lowest BCUT2D eigenvalue weighted by Gasteiger charge is -2.17. The minimum Gasteiger partial charge on any atom is -0.491 e. The molecule has 0 aromatic heterocycles. The van der Waals surface area contributed by atoms with E-state index < -0.39 is 0 Å². The quantitative estimate of drug-likeness (QED) is 0.664. The summed E-state index contributed by atoms with van der Waals surface area (Å²) < 4.78 is 24.4. The first-order chi connectivity index (χ1) is 9.69. The number of nitrogens with one attached hydrogen (secondary N) is 1. The standard InChI is InChI=1S/C16H26FNO2/c1-4-6-9-19-10-11-20-16-12-14(17)7-8-15(16)13(3)18-5-2/h7-8,12-13,18H,4-6,9-11H2,1-3H3. The van der Waals surface area contributed by atoms with E-state index in [1.807, 2.05) is 13.8 Å². The zero-order chi connectivity index (χ0) is 14.8. The number of rotatable bonds is 10. The Morgan fingerprint density at radius 2 is 2.00 bits per heavy atom. The average molecular weight is 283 g/mol. The summed E-state index contributed by atoms with van der Waals surface area (Å²) in [4.78, 5) is 0. The van der Waals surface area contributed by atoms with Crippen LogP contribution in [-0.2, 0) is 4.74 Å². The number of unbranched alkanes of at least 4 members (excludes halogenated alkanes) is 1. The van der Waals surface area contributed by atoms with Crippen molar-refractivity contribution in [2.24, 2.45) is 0 Å². The SMILES string of the molecule is CCCCOCCOc1cc(F)ccc1C(C)NCC. The van der Waals surface area contributed by atoms with Crippen LogP contribution in [0.4, 0.5) is 4.39 Å². The molecule has 114 valence electrons. The lowest BCUT2D eigenvalue weighted by molar-refractivity contribution is 0.0974. The minimum atomic E-state index is -0.278. The average Bonchev–Trinajstić information content (AvgIpc) is 2.43. The first kappa shape index (κ1) is 16.9. The van der Waals surface area contributed by atoms with Crippen LogP contribution < -0.4 is 10.1 Å². The molecule has 0 fully saturated rings. The van der Waals surface area contributed by atoms with Crippen molar-refractivity contribution in [2.45, 2.75) is 39.7 Å². The first-order valence-corrected chi connectivity index (χ1v) is 7.42. The Labute approximate surface area is 121 Å². The molecule has 3 nitrogen and oxygen atoms in total. The van der Waals surface area contributed by atoms with Crippen molar-refractivity contribution in [2.75, 3.05) is 26.4 Å². The lowest BCUT2D eigenvalue weighted by atomic mass is 10.1. The molecule has 0 heterocycles. The highest BCUT2D eigenvalue weighted by Gasteiger charge is 2.11. The molecule has 0 saturated heterocycles. The summed E-state index contributed by atoms with van der Waals surface area (Å²) in [6.45, 7) is 8.80. The van der Waals surface area contributed by atoms with E-state index in [1.165, 1.54) is 12.1 Å². The van der Waals surface area contributed by atoms with E-state index in [4.69, 9.17) is 9.47 Å². The van der Waals surface area contributed by atoms with Gasteiger partial charge in [-0.15, -0.1) is 0 Å². The molecule has 1 N–H and O–H groups in total. The second-order valence-corrected chi connectivity index (χ2v) is 4.78. The van der Waals surface area contributed by atoms with Crippen molar-refractivity contribution in [3.63, 3.8) is 0 Å². The summed E-state index contributed by atoms with van der Waals surface area (Å²) in [6, 6.07) is 4.82. The van der Waals surface area contributed by atoms with E-state index in [-0.39, 0.29) is 11.9 Å². The van der Waals surface area contributed by atoms with Gasteiger partial charge in [-0.1, -0.05) is 26.3 Å². The molecule has 1 rings (SSSR count). The maximum Gasteiger partial charge on any atom is 0.127 e. The Balaban J connectivity index is 2.52. The van der Waals surface area contributed by atoms with E-state index in [2.05, 4.69) is 12.2 Å². The van der Waals surface area contributed by atoms with Gasteiger partial charge in [0.05, 0.1) is 6.61 Å². The van der Waals surface area contributed by atoms with Gasteiger partial charge < -0.3 is 14.8 Å². The summed E-state index contributed by atoms with van der Waals surface area (Å²) in [7, 11) is 0. The van der Waals surface area contributed by atoms with Crippen molar-refractivity contribution in [3.05, 3.63) is 29.6 Å². The molecule has 0 bridgehead atoms. The van der Waals surface area contributed by atoms with Crippen molar-refractivity contribution in [1.29, 1.82) is 0 Å². The maximum absolute atomic E-state index is 13.3. The molecule has 0 aliphatic heterocycles. The van der Waals surface area contributed by atoms with Crippen molar-refractivity contribution >= 4 is 0 Å². The van der Waals surface area contributed by atoms with Crippen molar-refractivity contribution in [1.82, 2.24) is 5.32 Å². The van der Waals surface area contributed by atoms with Gasteiger partial charge >= 0.3 is 0 Å². The third kappa shape index (κ3) is 5.88. The molecule has 1 aromatic carbocycles. The van der Waals surface area contributed by atoms with Crippen LogP contribution in [0.1, 0.15) is 45.2 Å². The van der Waals surface area contributed by atoms with Crippen LogP contribution >= 0.6 is 0 Å². The third-order valence-corrected chi connectivity index (χ3v) is 3.08. The second kappa shape index (κ2) is 9.72. The lowest BCUT2D eigenvalue weighted by Crippen LogP contribution is -2.19. The first-order valence-electron chi connectivity index (χ1n) is 7.42. The van der Waals surface area contributed by atoms with Crippen molar-refractivity contribution in [3.8, 4) is 5.75 Å². The van der Waals surface area contributed by atoms with Gasteiger partial charge in [-0.25, -0.2) is 4.39 Å². The van der Waals surface area contributed by atoms with E-state index in [0.29, 0.717) is 19.0 Å². The van der Waals surface area contributed by atoms with Crippen LogP contribution in [0.5, 0.6) is 5.75 Å². The topological polar surface area (TPSA) is 30.5 Å². The van der Waals surface area contributed by atoms with Gasteiger partial charge in [0, 0.05) is 24.3 Å². The van der Waals surface area contributed by atoms with Gasteiger partial charge in [-0.2, -0.15) is 0 Å². The van der Waals surface area contributed by atoms with Crippen LogP contribution in [0.15, 0.2) is 18.2 Å². The van der Waals surface area contributed by atoms with E-state index >= 15 is 0 Å². The zero-order valence-corrected chi connectivity index (χ0v) is 12.7. The summed E-state index contributed by atoms with van der Waals surface area (Å²) in [5.74, 6) is 0.317. The molecule has 0 saturated carbocycles. The monoisotopic (exact) mass is 283 g/mol. The third-order valence-electron chi connectivity index (χ3n) is 3.08. The molecule has 0 aliphatic rings. The Kier molecular flexibility index (Phi) is 8.23. The fourth-order valence-corrected chi connectivity index (χ4v) is 1.97. The second-order valence-electron chi connectivity index (χ2n) is 4.78. The molecular formula is C16H26FNO2. The molecule has 0 aliphatic carbocycles. The molecule has 4 heteroatoms. The van der Waals surface area contributed by atoms with Gasteiger partial charge in [-0.05, 0) is 26.0 Å². The molecule has 0 spiro atoms. The molecule has 20 heavy (non-hydrogen) atoms. The van der Waals surface area contributed by atoms with E-state index in [0.717, 1.165) is 31.6 Å². The number of halogens is 1. The molecule has 1 aromatic rings. The summed E-state index contributed by atoms with van der Waals surface area (Å²) in [6.07, 6.45) is 2.18. The van der Waals surface area contributed by atoms with Gasteiger partial charge in [0.25, 0.3) is 0 Å². The highest BCUT2D eigenvalue weighted by molar-refractivity contribution is 5.36. The predicted molar refractivity (Wildman–Crippen MR) is 79.7 cm³/mol. The molecule has 1 unspecified atom stereocenters. The zero-order valence-electron chi connectivity index (χ0n) is 12.7. The molecule has 0 amide bonds. The highest BCUT2D eigenvalue weighted by Crippen LogP contribution is 2.26. The normalized spacial score (nSPS) is 12.4. The van der Waals surface area contributed by atoms with Gasteiger partial charge in [0.15, 0.2) is 0 Å². The molecule has 0 radical (unpaired) electrons. The van der Waals surface area contributed by atoms with Crippen LogP contribution in [0, 0.1) is 5.82 Å². The summed E-state index contributed by atoms with van der Waals surface area (Å²) >= 11 is 0. The Hall–Kier alpha value is -1.13. The Morgan fingerprint density at radius 3 is 2.70 bits per heavy atom. The minimum absolute atomic E-state index is 0.136. The largest absolute Gasteiger partial charge is 0.491 e. The van der Waals surface area contributed by atoms with Crippen LogP contribution in [0.3, 0.4) is 0 Å². The summed E-state index contributed by atoms with van der Waals surface area (Å²) in [5.41, 5.74) is 0.974. The van der Waals surface area contributed by atoms with Crippen LogP contribution in [0.2, 0.25) is 0 Å². The number of hydrogen-bond acceptors (Lipinski definition) is 3.